The summed E-state index contributed by atoms with van der Waals surface area (Å²) in [5.41, 5.74) is 4.08. The van der Waals surface area contributed by atoms with Crippen molar-refractivity contribution in [3.8, 4) is 17.2 Å². The third kappa shape index (κ3) is 5.08. The van der Waals surface area contributed by atoms with E-state index in [0.29, 0.717) is 22.9 Å². The van der Waals surface area contributed by atoms with Crippen molar-refractivity contribution < 1.29 is 22.4 Å². The van der Waals surface area contributed by atoms with Crippen LogP contribution in [0.25, 0.3) is 11.5 Å². The Kier molecular flexibility index (Phi) is 6.43. The lowest BCUT2D eigenvalue weighted by Crippen LogP contribution is -2.14. The molecule has 1 amide bonds. The van der Waals surface area contributed by atoms with Crippen molar-refractivity contribution >= 4 is 27.6 Å². The maximum Gasteiger partial charge on any atom is 0.322 e. The first kappa shape index (κ1) is 23.6. The van der Waals surface area contributed by atoms with E-state index in [4.69, 9.17) is 9.15 Å². The molecule has 1 heterocycles. The van der Waals surface area contributed by atoms with Crippen LogP contribution < -0.4 is 14.8 Å². The number of amides is 1. The Hall–Kier alpha value is -4.18. The van der Waals surface area contributed by atoms with Crippen molar-refractivity contribution in [2.75, 3.05) is 17.1 Å². The number of benzene rings is 3. The maximum absolute atomic E-state index is 12.6. The minimum absolute atomic E-state index is 0.0167. The lowest BCUT2D eigenvalue weighted by molar-refractivity contribution is 0.102. The molecule has 0 saturated carbocycles. The first-order valence-corrected chi connectivity index (χ1v) is 12.9. The number of aromatic nitrogens is 2. The molecule has 3 aromatic carbocycles. The molecule has 1 aromatic heterocycles. The molecular weight excluding hydrogens is 480 g/mol. The second kappa shape index (κ2) is 9.82. The number of aryl methyl sites for hydroxylation is 2. The van der Waals surface area contributed by atoms with Gasteiger partial charge in [-0.05, 0) is 97.5 Å². The van der Waals surface area contributed by atoms with Gasteiger partial charge in [0.05, 0.1) is 12.0 Å². The van der Waals surface area contributed by atoms with Gasteiger partial charge in [0.2, 0.25) is 5.89 Å². The molecule has 0 unspecified atom stereocenters. The summed E-state index contributed by atoms with van der Waals surface area (Å²) in [5, 5.41) is 10.6. The van der Waals surface area contributed by atoms with Crippen LogP contribution in [-0.4, -0.2) is 31.6 Å². The van der Waals surface area contributed by atoms with E-state index in [1.54, 1.807) is 12.1 Å². The van der Waals surface area contributed by atoms with Gasteiger partial charge in [0.1, 0.15) is 5.75 Å². The van der Waals surface area contributed by atoms with Crippen molar-refractivity contribution in [2.45, 2.75) is 30.6 Å². The van der Waals surface area contributed by atoms with Gasteiger partial charge in [0.15, 0.2) is 0 Å². The van der Waals surface area contributed by atoms with Gasteiger partial charge in [-0.3, -0.25) is 14.8 Å². The number of carbonyl (C=O) groups is 1. The number of anilines is 2. The molecule has 0 saturated heterocycles. The van der Waals surface area contributed by atoms with Crippen molar-refractivity contribution in [1.82, 2.24) is 10.2 Å². The molecule has 2 N–H and O–H groups in total. The second-order valence-corrected chi connectivity index (χ2v) is 10.1. The van der Waals surface area contributed by atoms with Crippen LogP contribution in [0, 0.1) is 0 Å². The minimum atomic E-state index is -3.79. The summed E-state index contributed by atoms with van der Waals surface area (Å²) in [6, 6.07) is 18.1. The quantitative estimate of drug-likeness (QED) is 0.375. The van der Waals surface area contributed by atoms with Crippen LogP contribution in [0.1, 0.15) is 34.3 Å². The third-order valence-electron chi connectivity index (χ3n) is 6.01. The van der Waals surface area contributed by atoms with Crippen molar-refractivity contribution in [3.63, 3.8) is 0 Å². The van der Waals surface area contributed by atoms with Crippen LogP contribution >= 0.6 is 0 Å². The number of nitrogens with one attached hydrogen (secondary N) is 2. The van der Waals surface area contributed by atoms with Gasteiger partial charge in [-0.2, -0.15) is 0 Å². The fraction of sp³-hybridized carbons (Fsp3) is 0.192. The molecule has 36 heavy (non-hydrogen) atoms. The average molecular weight is 505 g/mol. The molecule has 184 valence electrons. The molecule has 1 aliphatic rings. The number of ether oxygens (including phenoxy) is 1. The van der Waals surface area contributed by atoms with Gasteiger partial charge in [0.25, 0.3) is 15.9 Å². The van der Waals surface area contributed by atoms with E-state index in [2.05, 4.69) is 32.4 Å². The third-order valence-corrected chi connectivity index (χ3v) is 7.41. The molecule has 0 atom stereocenters. The highest BCUT2D eigenvalue weighted by molar-refractivity contribution is 7.92. The first-order valence-electron chi connectivity index (χ1n) is 11.5. The molecule has 0 fully saturated rings. The summed E-state index contributed by atoms with van der Waals surface area (Å²) in [6.45, 7) is 0. The second-order valence-electron chi connectivity index (χ2n) is 8.42. The molecule has 1 aliphatic carbocycles. The first-order chi connectivity index (χ1) is 17.4. The highest BCUT2D eigenvalue weighted by Crippen LogP contribution is 2.28. The summed E-state index contributed by atoms with van der Waals surface area (Å²) in [5.74, 6) is 0.433. The molecule has 5 rings (SSSR count). The Bertz CT molecular complexity index is 1500. The Morgan fingerprint density at radius 3 is 2.36 bits per heavy atom. The van der Waals surface area contributed by atoms with Crippen LogP contribution in [-0.2, 0) is 22.9 Å². The van der Waals surface area contributed by atoms with E-state index < -0.39 is 15.9 Å². The normalized spacial score (nSPS) is 13.0. The summed E-state index contributed by atoms with van der Waals surface area (Å²) >= 11 is 0. The lowest BCUT2D eigenvalue weighted by atomic mass is 9.90. The number of nitrogens with zero attached hydrogens (tertiary/aromatic N) is 2. The van der Waals surface area contributed by atoms with Crippen molar-refractivity contribution in [1.29, 1.82) is 0 Å². The molecule has 10 heteroatoms. The van der Waals surface area contributed by atoms with Crippen LogP contribution in [0.2, 0.25) is 0 Å². The smallest absolute Gasteiger partial charge is 0.322 e. The average Bonchev–Trinajstić information content (AvgIpc) is 3.37. The maximum atomic E-state index is 12.6. The lowest BCUT2D eigenvalue weighted by Gasteiger charge is -2.15. The number of rotatable bonds is 7. The Labute approximate surface area is 208 Å². The minimum Gasteiger partial charge on any atom is -0.497 e. The molecule has 0 bridgehead atoms. The predicted octanol–water partition coefficient (Wildman–Crippen LogP) is 4.68. The molecular formula is C26H24N4O5S. The van der Waals surface area contributed by atoms with Gasteiger partial charge < -0.3 is 9.15 Å². The van der Waals surface area contributed by atoms with E-state index in [0.717, 1.165) is 18.4 Å². The number of carbonyl (C=O) groups excluding carboxylic acids is 1. The van der Waals surface area contributed by atoms with Gasteiger partial charge >= 0.3 is 6.01 Å². The van der Waals surface area contributed by atoms with Gasteiger partial charge in [-0.25, -0.2) is 8.42 Å². The fourth-order valence-corrected chi connectivity index (χ4v) is 5.14. The summed E-state index contributed by atoms with van der Waals surface area (Å²) in [6.07, 6.45) is 4.50. The highest BCUT2D eigenvalue weighted by Gasteiger charge is 2.17. The Morgan fingerprint density at radius 2 is 1.64 bits per heavy atom. The van der Waals surface area contributed by atoms with Crippen molar-refractivity contribution in [3.05, 3.63) is 83.4 Å². The zero-order valence-electron chi connectivity index (χ0n) is 19.5. The number of hydrogen-bond acceptors (Lipinski definition) is 7. The standard InChI is InChI=1S/C26H24N4O5S/c1-34-22-12-14-23(15-13-22)36(32,33)30-21-10-8-18(9-11-21)24(31)27-26-29-28-25(35-26)20-7-6-17-4-2-3-5-19(17)16-20/h6-16,30H,2-5H2,1H3,(H,27,29,31). The largest absolute Gasteiger partial charge is 0.497 e. The Balaban J connectivity index is 1.24. The number of fused-ring (bicyclic) bond motifs is 1. The monoisotopic (exact) mass is 504 g/mol. The summed E-state index contributed by atoms with van der Waals surface area (Å²) in [7, 11) is -2.28. The van der Waals surface area contributed by atoms with E-state index in [1.807, 2.05) is 6.07 Å². The van der Waals surface area contributed by atoms with E-state index >= 15 is 0 Å². The van der Waals surface area contributed by atoms with Gasteiger partial charge in [-0.15, -0.1) is 5.10 Å². The predicted molar refractivity (Wildman–Crippen MR) is 135 cm³/mol. The molecule has 0 spiro atoms. The van der Waals surface area contributed by atoms with Crippen LogP contribution in [0.4, 0.5) is 11.7 Å². The van der Waals surface area contributed by atoms with Crippen molar-refractivity contribution in [2.24, 2.45) is 0 Å². The molecule has 0 aliphatic heterocycles. The molecule has 0 radical (unpaired) electrons. The zero-order valence-corrected chi connectivity index (χ0v) is 20.3. The SMILES string of the molecule is COc1ccc(S(=O)(=O)Nc2ccc(C(=O)Nc3nnc(-c4ccc5c(c4)CCCC5)o3)cc2)cc1. The van der Waals surface area contributed by atoms with E-state index in [1.165, 1.54) is 67.5 Å². The number of methoxy groups -OCH3 is 1. The van der Waals surface area contributed by atoms with Gasteiger partial charge in [0, 0.05) is 16.8 Å². The van der Waals surface area contributed by atoms with Crippen LogP contribution in [0.15, 0.2) is 76.0 Å². The topological polar surface area (TPSA) is 123 Å². The van der Waals surface area contributed by atoms with Crippen LogP contribution in [0.5, 0.6) is 5.75 Å². The summed E-state index contributed by atoms with van der Waals surface area (Å²) in [4.78, 5) is 12.7. The zero-order chi connectivity index (χ0) is 25.1. The van der Waals surface area contributed by atoms with E-state index in [9.17, 15) is 13.2 Å². The summed E-state index contributed by atoms with van der Waals surface area (Å²) < 4.78 is 38.4. The highest BCUT2D eigenvalue weighted by atomic mass is 32.2. The number of hydrogen-bond donors (Lipinski definition) is 2. The Morgan fingerprint density at radius 1 is 0.917 bits per heavy atom. The van der Waals surface area contributed by atoms with Crippen LogP contribution in [0.3, 0.4) is 0 Å². The number of sulfonamides is 1. The molecule has 9 nitrogen and oxygen atoms in total. The fourth-order valence-electron chi connectivity index (χ4n) is 4.08. The van der Waals surface area contributed by atoms with Gasteiger partial charge in [-0.1, -0.05) is 11.2 Å². The van der Waals surface area contributed by atoms with E-state index in [-0.39, 0.29) is 10.9 Å². The molecule has 4 aromatic rings.